The van der Waals surface area contributed by atoms with Crippen LogP contribution in [0.15, 0.2) is 18.5 Å². The molecule has 0 bridgehead atoms. The van der Waals surface area contributed by atoms with Crippen LogP contribution in [0.25, 0.3) is 0 Å². The maximum Gasteiger partial charge on any atom is 0.416 e. The van der Waals surface area contributed by atoms with Crippen molar-refractivity contribution in [1.29, 1.82) is 0 Å². The van der Waals surface area contributed by atoms with Crippen molar-refractivity contribution in [3.8, 4) is 0 Å². The van der Waals surface area contributed by atoms with Gasteiger partial charge in [-0.15, -0.1) is 0 Å². The molecule has 2 nitrogen and oxygen atoms in total. The third-order valence-corrected chi connectivity index (χ3v) is 3.22. The van der Waals surface area contributed by atoms with Crippen LogP contribution in [0.1, 0.15) is 43.9 Å². The fourth-order valence-electron chi connectivity index (χ4n) is 1.91. The Balaban J connectivity index is 3.06. The van der Waals surface area contributed by atoms with Gasteiger partial charge in [-0.05, 0) is 31.0 Å². The number of nitrogens with one attached hydrogen (secondary N) is 1. The predicted octanol–water partition coefficient (Wildman–Crippen LogP) is 3.80. The van der Waals surface area contributed by atoms with Crippen molar-refractivity contribution in [2.24, 2.45) is 5.92 Å². The minimum absolute atomic E-state index is 0.229. The molecule has 0 aliphatic carbocycles. The third-order valence-electron chi connectivity index (χ3n) is 3.22. The summed E-state index contributed by atoms with van der Waals surface area (Å²) in [5.41, 5.74) is -0.368. The first kappa shape index (κ1) is 15.0. The van der Waals surface area contributed by atoms with Gasteiger partial charge in [0, 0.05) is 18.4 Å². The number of pyridine rings is 1. The number of rotatable bonds is 5. The average molecular weight is 260 g/mol. The average Bonchev–Trinajstić information content (AvgIpc) is 2.34. The molecule has 5 heteroatoms. The van der Waals surface area contributed by atoms with Crippen molar-refractivity contribution < 1.29 is 13.2 Å². The summed E-state index contributed by atoms with van der Waals surface area (Å²) in [5.74, 6) is 0.365. The van der Waals surface area contributed by atoms with Crippen molar-refractivity contribution in [1.82, 2.24) is 10.3 Å². The van der Waals surface area contributed by atoms with Gasteiger partial charge in [0.25, 0.3) is 0 Å². The number of nitrogens with zero attached hydrogens (tertiary/aromatic N) is 1. The van der Waals surface area contributed by atoms with Gasteiger partial charge in [-0.2, -0.15) is 13.2 Å². The molecule has 0 aliphatic heterocycles. The lowest BCUT2D eigenvalue weighted by atomic mass is 9.92. The highest BCUT2D eigenvalue weighted by Crippen LogP contribution is 2.35. The molecule has 0 saturated carbocycles. The zero-order valence-electron chi connectivity index (χ0n) is 10.9. The van der Waals surface area contributed by atoms with Gasteiger partial charge in [0.15, 0.2) is 0 Å². The molecule has 0 amide bonds. The van der Waals surface area contributed by atoms with Gasteiger partial charge in [-0.25, -0.2) is 0 Å². The molecule has 2 atom stereocenters. The van der Waals surface area contributed by atoms with Crippen LogP contribution in [0.4, 0.5) is 13.2 Å². The van der Waals surface area contributed by atoms with Gasteiger partial charge in [0.05, 0.1) is 5.56 Å². The molecule has 1 N–H and O–H groups in total. The second-order valence-corrected chi connectivity index (χ2v) is 4.55. The first-order chi connectivity index (χ1) is 8.40. The van der Waals surface area contributed by atoms with Crippen LogP contribution in [0.3, 0.4) is 0 Å². The largest absolute Gasteiger partial charge is 0.416 e. The highest BCUT2D eigenvalue weighted by atomic mass is 19.4. The Morgan fingerprint density at radius 2 is 2.06 bits per heavy atom. The molecule has 1 aromatic heterocycles. The van der Waals surface area contributed by atoms with Crippen LogP contribution in [0.5, 0.6) is 0 Å². The van der Waals surface area contributed by atoms with Crippen LogP contribution in [-0.2, 0) is 6.18 Å². The Hall–Kier alpha value is -1.10. The molecular formula is C13H19F3N2. The van der Waals surface area contributed by atoms with Gasteiger partial charge in [-0.3, -0.25) is 4.98 Å². The molecule has 0 fully saturated rings. The summed E-state index contributed by atoms with van der Waals surface area (Å²) in [7, 11) is 1.68. The van der Waals surface area contributed by atoms with Gasteiger partial charge in [-0.1, -0.05) is 20.3 Å². The monoisotopic (exact) mass is 260 g/mol. The van der Waals surface area contributed by atoms with Gasteiger partial charge in [0.2, 0.25) is 0 Å². The van der Waals surface area contributed by atoms with E-state index in [0.717, 1.165) is 12.5 Å². The summed E-state index contributed by atoms with van der Waals surface area (Å²) >= 11 is 0. The lowest BCUT2D eigenvalue weighted by Gasteiger charge is -2.23. The molecule has 1 aromatic rings. The highest BCUT2D eigenvalue weighted by molar-refractivity contribution is 5.29. The van der Waals surface area contributed by atoms with E-state index in [1.54, 1.807) is 7.05 Å². The van der Waals surface area contributed by atoms with Gasteiger partial charge < -0.3 is 5.32 Å². The SMILES string of the molecule is CCC(C)CC(NC)c1cnccc1C(F)(F)F. The van der Waals surface area contributed by atoms with Crippen LogP contribution in [0, 0.1) is 5.92 Å². The van der Waals surface area contributed by atoms with Crippen LogP contribution >= 0.6 is 0 Å². The summed E-state index contributed by atoms with van der Waals surface area (Å²) in [4.78, 5) is 3.82. The highest BCUT2D eigenvalue weighted by Gasteiger charge is 2.35. The topological polar surface area (TPSA) is 24.9 Å². The third kappa shape index (κ3) is 3.70. The lowest BCUT2D eigenvalue weighted by molar-refractivity contribution is -0.138. The van der Waals surface area contributed by atoms with Gasteiger partial charge >= 0.3 is 6.18 Å². The quantitative estimate of drug-likeness (QED) is 0.871. The molecule has 0 spiro atoms. The van der Waals surface area contributed by atoms with E-state index in [1.165, 1.54) is 12.4 Å². The van der Waals surface area contributed by atoms with E-state index >= 15 is 0 Å². The Morgan fingerprint density at radius 3 is 2.56 bits per heavy atom. The maximum absolute atomic E-state index is 12.9. The van der Waals surface area contributed by atoms with Gasteiger partial charge in [0.1, 0.15) is 0 Å². The number of hydrogen-bond acceptors (Lipinski definition) is 2. The van der Waals surface area contributed by atoms with Crippen molar-refractivity contribution in [2.45, 2.75) is 38.9 Å². The number of alkyl halides is 3. The summed E-state index contributed by atoms with van der Waals surface area (Å²) in [6, 6.07) is 0.723. The molecule has 0 saturated heterocycles. The molecule has 1 rings (SSSR count). The van der Waals surface area contributed by atoms with E-state index in [0.29, 0.717) is 12.3 Å². The van der Waals surface area contributed by atoms with Crippen molar-refractivity contribution >= 4 is 0 Å². The minimum Gasteiger partial charge on any atom is -0.313 e. The fraction of sp³-hybridized carbons (Fsp3) is 0.615. The van der Waals surface area contributed by atoms with E-state index < -0.39 is 11.7 Å². The van der Waals surface area contributed by atoms with E-state index in [9.17, 15) is 13.2 Å². The van der Waals surface area contributed by atoms with E-state index in [2.05, 4.69) is 10.3 Å². The Bertz CT molecular complexity index is 377. The number of aromatic nitrogens is 1. The van der Waals surface area contributed by atoms with Crippen LogP contribution < -0.4 is 5.32 Å². The molecule has 1 heterocycles. The summed E-state index contributed by atoms with van der Waals surface area (Å²) in [6.07, 6.45) is -0.223. The summed E-state index contributed by atoms with van der Waals surface area (Å²) in [6.45, 7) is 4.07. The standard InChI is InChI=1S/C13H19F3N2/c1-4-9(2)7-12(17-3)10-8-18-6-5-11(10)13(14,15)16/h5-6,8-9,12,17H,4,7H2,1-3H3. The maximum atomic E-state index is 12.9. The van der Waals surface area contributed by atoms with Crippen molar-refractivity contribution in [2.75, 3.05) is 7.05 Å². The molecule has 0 aromatic carbocycles. The zero-order valence-corrected chi connectivity index (χ0v) is 10.9. The molecule has 2 unspecified atom stereocenters. The first-order valence-electron chi connectivity index (χ1n) is 6.08. The fourth-order valence-corrected chi connectivity index (χ4v) is 1.91. The van der Waals surface area contributed by atoms with E-state index in [1.807, 2.05) is 13.8 Å². The van der Waals surface area contributed by atoms with Crippen molar-refractivity contribution in [3.63, 3.8) is 0 Å². The normalized spacial score (nSPS) is 15.4. The second-order valence-electron chi connectivity index (χ2n) is 4.55. The number of halogens is 3. The van der Waals surface area contributed by atoms with E-state index in [-0.39, 0.29) is 11.6 Å². The van der Waals surface area contributed by atoms with E-state index in [4.69, 9.17) is 0 Å². The van der Waals surface area contributed by atoms with Crippen LogP contribution in [-0.4, -0.2) is 12.0 Å². The molecule has 102 valence electrons. The molecule has 0 radical (unpaired) electrons. The summed E-state index contributed by atoms with van der Waals surface area (Å²) in [5, 5.41) is 2.96. The zero-order chi connectivity index (χ0) is 13.8. The molecular weight excluding hydrogens is 241 g/mol. The smallest absolute Gasteiger partial charge is 0.313 e. The molecule has 0 aliphatic rings. The first-order valence-corrected chi connectivity index (χ1v) is 6.08. The lowest BCUT2D eigenvalue weighted by Crippen LogP contribution is -2.23. The van der Waals surface area contributed by atoms with Crippen LogP contribution in [0.2, 0.25) is 0 Å². The second kappa shape index (κ2) is 6.18. The molecule has 18 heavy (non-hydrogen) atoms. The number of hydrogen-bond donors (Lipinski definition) is 1. The predicted molar refractivity (Wildman–Crippen MR) is 65.1 cm³/mol. The Kier molecular flexibility index (Phi) is 5.14. The van der Waals surface area contributed by atoms with Crippen molar-refractivity contribution in [3.05, 3.63) is 29.6 Å². The summed E-state index contributed by atoms with van der Waals surface area (Å²) < 4.78 is 38.7. The Labute approximate surface area is 106 Å². The minimum atomic E-state index is -4.33. The Morgan fingerprint density at radius 1 is 1.39 bits per heavy atom.